The molecule has 6 nitrogen and oxygen atoms in total. The second-order valence-electron chi connectivity index (χ2n) is 16.8. The van der Waals surface area contributed by atoms with Crippen LogP contribution in [0.15, 0.2) is 243 Å². The van der Waals surface area contributed by atoms with Gasteiger partial charge >= 0.3 is 0 Å². The predicted octanol–water partition coefficient (Wildman–Crippen LogP) is 17.6. The third-order valence-corrected chi connectivity index (χ3v) is 12.9. The van der Waals surface area contributed by atoms with Crippen molar-refractivity contribution >= 4 is 89.1 Å². The lowest BCUT2D eigenvalue weighted by Gasteiger charge is -2.26. The van der Waals surface area contributed by atoms with Crippen LogP contribution in [0.2, 0.25) is 0 Å². The SMILES string of the molecule is [C-]#[N+]c1ccc(N(c2ccc(-c3ccc(N(c4ccc([N+]#[C-])cc4)c4ccc5c(c4)c4ccccc4n5-c4ccccc4)cc3)cc2)c2ccc3c(c2)c2ccccc2n3-c2ccccc2)cc1. The van der Waals surface area contributed by atoms with Gasteiger partial charge in [0.1, 0.15) is 0 Å². The molecule has 10 aromatic carbocycles. The van der Waals surface area contributed by atoms with Gasteiger partial charge in [-0.25, -0.2) is 9.69 Å². The molecule has 68 heavy (non-hydrogen) atoms. The molecule has 2 heterocycles. The Labute approximate surface area is 394 Å². The van der Waals surface area contributed by atoms with Crippen molar-refractivity contribution in [1.29, 1.82) is 0 Å². The van der Waals surface area contributed by atoms with Gasteiger partial charge in [-0.15, -0.1) is 0 Å². The van der Waals surface area contributed by atoms with Crippen LogP contribution in [-0.2, 0) is 0 Å². The summed E-state index contributed by atoms with van der Waals surface area (Å²) in [6.07, 6.45) is 0. The maximum atomic E-state index is 7.61. The van der Waals surface area contributed by atoms with E-state index in [1.807, 2.05) is 48.5 Å². The number of para-hydroxylation sites is 4. The van der Waals surface area contributed by atoms with E-state index in [9.17, 15) is 0 Å². The maximum Gasteiger partial charge on any atom is 0.187 e. The van der Waals surface area contributed by atoms with E-state index in [1.165, 1.54) is 10.8 Å². The van der Waals surface area contributed by atoms with Crippen LogP contribution >= 0.6 is 0 Å². The van der Waals surface area contributed by atoms with Gasteiger partial charge in [-0.3, -0.25) is 0 Å². The standard InChI is InChI=1S/C62H40N6/c1-63-45-25-33-51(34-26-45)65(53-37-39-61-57(41-53)55-17-9-11-19-59(55)67(61)47-13-5-3-6-14-47)49-29-21-43(22-30-49)44-23-31-50(32-24-44)66(52-35-27-46(64-2)28-36-52)54-38-40-62-58(42-54)56-18-10-12-20-60(56)68(62)48-15-7-4-8-16-48/h3-42H. The van der Waals surface area contributed by atoms with Crippen molar-refractivity contribution in [2.24, 2.45) is 0 Å². The molecule has 0 spiro atoms. The molecule has 0 atom stereocenters. The van der Waals surface area contributed by atoms with Gasteiger partial charge in [-0.05, 0) is 132 Å². The first-order chi connectivity index (χ1) is 33.6. The van der Waals surface area contributed by atoms with Crippen LogP contribution in [0.5, 0.6) is 0 Å². The van der Waals surface area contributed by atoms with Gasteiger partial charge < -0.3 is 18.9 Å². The lowest BCUT2D eigenvalue weighted by atomic mass is 10.0. The normalized spacial score (nSPS) is 11.2. The number of benzene rings is 10. The monoisotopic (exact) mass is 868 g/mol. The summed E-state index contributed by atoms with van der Waals surface area (Å²) in [6.45, 7) is 15.2. The molecule has 0 saturated carbocycles. The molecule has 0 N–H and O–H groups in total. The lowest BCUT2D eigenvalue weighted by Crippen LogP contribution is -2.10. The Morgan fingerprint density at radius 2 is 0.588 bits per heavy atom. The Morgan fingerprint density at radius 1 is 0.279 bits per heavy atom. The largest absolute Gasteiger partial charge is 0.311 e. The highest BCUT2D eigenvalue weighted by atomic mass is 15.1. The average molecular weight is 869 g/mol. The molecular weight excluding hydrogens is 829 g/mol. The van der Waals surface area contributed by atoms with Crippen molar-refractivity contribution in [3.8, 4) is 22.5 Å². The summed E-state index contributed by atoms with van der Waals surface area (Å²) in [5, 5.41) is 4.70. The van der Waals surface area contributed by atoms with E-state index in [4.69, 9.17) is 13.1 Å². The summed E-state index contributed by atoms with van der Waals surface area (Å²) in [6, 6.07) is 84.7. The molecule has 0 saturated heterocycles. The molecule has 0 aliphatic heterocycles. The van der Waals surface area contributed by atoms with Crippen LogP contribution in [0.25, 0.3) is 75.8 Å². The van der Waals surface area contributed by atoms with Gasteiger partial charge in [0, 0.05) is 67.0 Å². The molecule has 0 aliphatic carbocycles. The van der Waals surface area contributed by atoms with Crippen LogP contribution in [0.3, 0.4) is 0 Å². The van der Waals surface area contributed by atoms with Crippen LogP contribution < -0.4 is 9.80 Å². The third kappa shape index (κ3) is 6.89. The second-order valence-corrected chi connectivity index (χ2v) is 16.8. The van der Waals surface area contributed by atoms with Crippen molar-refractivity contribution in [2.75, 3.05) is 9.80 Å². The highest BCUT2D eigenvalue weighted by Gasteiger charge is 2.20. The van der Waals surface area contributed by atoms with Gasteiger partial charge in [0.2, 0.25) is 0 Å². The fraction of sp³-hybridized carbons (Fsp3) is 0. The zero-order valence-corrected chi connectivity index (χ0v) is 36.8. The molecule has 0 radical (unpaired) electrons. The van der Waals surface area contributed by atoms with Gasteiger partial charge in [0.15, 0.2) is 11.4 Å². The van der Waals surface area contributed by atoms with Crippen molar-refractivity contribution in [1.82, 2.24) is 9.13 Å². The van der Waals surface area contributed by atoms with Gasteiger partial charge in [0.05, 0.1) is 35.2 Å². The molecule has 0 amide bonds. The molecular formula is C62H40N6. The van der Waals surface area contributed by atoms with E-state index in [0.29, 0.717) is 11.4 Å². The fourth-order valence-corrected chi connectivity index (χ4v) is 9.76. The van der Waals surface area contributed by atoms with E-state index in [1.54, 1.807) is 0 Å². The third-order valence-electron chi connectivity index (χ3n) is 12.9. The minimum Gasteiger partial charge on any atom is -0.311 e. The summed E-state index contributed by atoms with van der Waals surface area (Å²) < 4.78 is 4.66. The van der Waals surface area contributed by atoms with E-state index in [2.05, 4.69) is 223 Å². The molecule has 0 aliphatic rings. The Hall–Kier alpha value is -9.62. The van der Waals surface area contributed by atoms with Gasteiger partial charge in [-0.1, -0.05) is 121 Å². The van der Waals surface area contributed by atoms with E-state index in [0.717, 1.165) is 89.5 Å². The Balaban J connectivity index is 0.917. The van der Waals surface area contributed by atoms with E-state index >= 15 is 0 Å². The molecule has 318 valence electrons. The Kier molecular flexibility index (Phi) is 9.83. The quantitative estimate of drug-likeness (QED) is 0.135. The first-order valence-corrected chi connectivity index (χ1v) is 22.6. The summed E-state index contributed by atoms with van der Waals surface area (Å²) in [4.78, 5) is 11.9. The molecule has 12 aromatic rings. The number of hydrogen-bond acceptors (Lipinski definition) is 2. The number of aromatic nitrogens is 2. The molecule has 2 aromatic heterocycles. The van der Waals surface area contributed by atoms with Crippen molar-refractivity contribution in [2.45, 2.75) is 0 Å². The van der Waals surface area contributed by atoms with Crippen LogP contribution in [0.4, 0.5) is 45.5 Å². The fourth-order valence-electron chi connectivity index (χ4n) is 9.76. The van der Waals surface area contributed by atoms with Crippen molar-refractivity contribution in [3.63, 3.8) is 0 Å². The first kappa shape index (κ1) is 39.9. The first-order valence-electron chi connectivity index (χ1n) is 22.6. The van der Waals surface area contributed by atoms with Crippen LogP contribution in [0.1, 0.15) is 0 Å². The summed E-state index contributed by atoms with van der Waals surface area (Å²) in [5.74, 6) is 0. The maximum absolute atomic E-state index is 7.61. The number of nitrogens with zero attached hydrogens (tertiary/aromatic N) is 6. The van der Waals surface area contributed by atoms with Crippen molar-refractivity contribution in [3.05, 3.63) is 265 Å². The molecule has 0 unspecified atom stereocenters. The number of hydrogen-bond donors (Lipinski definition) is 0. The smallest absolute Gasteiger partial charge is 0.187 e. The topological polar surface area (TPSA) is 25.1 Å². The van der Waals surface area contributed by atoms with Crippen molar-refractivity contribution < 1.29 is 0 Å². The Bertz CT molecular complexity index is 3630. The zero-order valence-electron chi connectivity index (χ0n) is 36.8. The molecule has 0 bridgehead atoms. The van der Waals surface area contributed by atoms with Crippen LogP contribution in [-0.4, -0.2) is 9.13 Å². The second kappa shape index (κ2) is 16.7. The number of anilines is 6. The van der Waals surface area contributed by atoms with Crippen LogP contribution in [0, 0.1) is 13.1 Å². The molecule has 6 heteroatoms. The molecule has 12 rings (SSSR count). The molecule has 0 fully saturated rings. The van der Waals surface area contributed by atoms with E-state index in [-0.39, 0.29) is 0 Å². The highest BCUT2D eigenvalue weighted by Crippen LogP contribution is 2.43. The minimum absolute atomic E-state index is 0.601. The summed E-state index contributed by atoms with van der Waals surface area (Å²) >= 11 is 0. The lowest BCUT2D eigenvalue weighted by molar-refractivity contribution is 1.18. The zero-order chi connectivity index (χ0) is 45.6. The van der Waals surface area contributed by atoms with Gasteiger partial charge in [-0.2, -0.15) is 0 Å². The van der Waals surface area contributed by atoms with E-state index < -0.39 is 0 Å². The van der Waals surface area contributed by atoms with Gasteiger partial charge in [0.25, 0.3) is 0 Å². The number of fused-ring (bicyclic) bond motifs is 6. The summed E-state index contributed by atoms with van der Waals surface area (Å²) in [5.41, 5.74) is 16.2. The number of rotatable bonds is 9. The highest BCUT2D eigenvalue weighted by molar-refractivity contribution is 6.12. The average Bonchev–Trinajstić information content (AvgIpc) is 3.92. The summed E-state index contributed by atoms with van der Waals surface area (Å²) in [7, 11) is 0. The predicted molar refractivity (Wildman–Crippen MR) is 282 cm³/mol. The minimum atomic E-state index is 0.601. The Morgan fingerprint density at radius 3 is 0.956 bits per heavy atom.